The largest absolute Gasteiger partial charge is 0.465 e. The molecule has 0 fully saturated rings. The number of carbonyl (C=O) groups excluding carboxylic acids is 1. The lowest BCUT2D eigenvalue weighted by Crippen LogP contribution is -2.08. The summed E-state index contributed by atoms with van der Waals surface area (Å²) in [6, 6.07) is 3.54. The first-order valence-corrected chi connectivity index (χ1v) is 6.90. The van der Waals surface area contributed by atoms with Crippen LogP contribution in [-0.2, 0) is 10.9 Å². The Bertz CT molecular complexity index is 794. The van der Waals surface area contributed by atoms with Crippen LogP contribution in [0.15, 0.2) is 24.4 Å². The minimum absolute atomic E-state index is 0.00719. The summed E-state index contributed by atoms with van der Waals surface area (Å²) < 4.78 is 48.0. The van der Waals surface area contributed by atoms with Crippen LogP contribution >= 0.6 is 11.6 Å². The van der Waals surface area contributed by atoms with Crippen molar-refractivity contribution in [3.8, 4) is 11.6 Å². The molecule has 0 saturated carbocycles. The van der Waals surface area contributed by atoms with Crippen molar-refractivity contribution in [3.05, 3.63) is 46.1 Å². The number of methoxy groups -OCH3 is 1. The molecule has 0 aliphatic heterocycles. The molecule has 0 bridgehead atoms. The normalized spacial score (nSPS) is 11.2. The SMILES string of the molecule is COC(=O)c1cc(N)cc(C)c1Oc1ncc(C(F)(F)F)cc1Cl. The van der Waals surface area contributed by atoms with E-state index in [1.165, 1.54) is 19.2 Å². The lowest BCUT2D eigenvalue weighted by molar-refractivity contribution is -0.137. The van der Waals surface area contributed by atoms with Gasteiger partial charge in [0.05, 0.1) is 12.7 Å². The minimum Gasteiger partial charge on any atom is -0.465 e. The van der Waals surface area contributed by atoms with Crippen LogP contribution in [0.3, 0.4) is 0 Å². The van der Waals surface area contributed by atoms with E-state index in [0.717, 1.165) is 0 Å². The summed E-state index contributed by atoms with van der Waals surface area (Å²) in [4.78, 5) is 15.4. The van der Waals surface area contributed by atoms with Crippen molar-refractivity contribution in [2.75, 3.05) is 12.8 Å². The molecule has 128 valence electrons. The van der Waals surface area contributed by atoms with Crippen LogP contribution in [0.5, 0.6) is 11.6 Å². The molecular formula is C15H12ClF3N2O3. The number of halogens is 4. The van der Waals surface area contributed by atoms with Gasteiger partial charge in [0.25, 0.3) is 0 Å². The van der Waals surface area contributed by atoms with E-state index in [-0.39, 0.29) is 22.2 Å². The van der Waals surface area contributed by atoms with E-state index in [0.29, 0.717) is 23.5 Å². The fourth-order valence-electron chi connectivity index (χ4n) is 1.95. The molecule has 0 radical (unpaired) electrons. The average molecular weight is 361 g/mol. The number of ether oxygens (including phenoxy) is 2. The Morgan fingerprint density at radius 2 is 1.96 bits per heavy atom. The molecule has 0 aliphatic carbocycles. The van der Waals surface area contributed by atoms with Crippen molar-refractivity contribution in [3.63, 3.8) is 0 Å². The summed E-state index contributed by atoms with van der Waals surface area (Å²) in [6.45, 7) is 1.61. The summed E-state index contributed by atoms with van der Waals surface area (Å²) in [6.07, 6.45) is -3.99. The van der Waals surface area contributed by atoms with Crippen LogP contribution in [0.2, 0.25) is 5.02 Å². The molecule has 2 rings (SSSR count). The quantitative estimate of drug-likeness (QED) is 0.655. The Balaban J connectivity index is 2.47. The van der Waals surface area contributed by atoms with Gasteiger partial charge < -0.3 is 15.2 Å². The number of nitrogens with two attached hydrogens (primary N) is 1. The second-order valence-corrected chi connectivity index (χ2v) is 5.22. The highest BCUT2D eigenvalue weighted by Gasteiger charge is 2.32. The standard InChI is InChI=1S/C15H12ClF3N2O3/c1-7-3-9(20)5-10(14(22)23-2)12(7)24-13-11(16)4-8(6-21-13)15(17,18)19/h3-6H,20H2,1-2H3. The van der Waals surface area contributed by atoms with Gasteiger partial charge in [-0.1, -0.05) is 11.6 Å². The van der Waals surface area contributed by atoms with Crippen LogP contribution in [0.1, 0.15) is 21.5 Å². The third-order valence-corrected chi connectivity index (χ3v) is 3.31. The number of carbonyl (C=O) groups is 1. The molecule has 5 nitrogen and oxygen atoms in total. The van der Waals surface area contributed by atoms with Crippen LogP contribution in [0.25, 0.3) is 0 Å². The second kappa shape index (κ2) is 6.56. The number of benzene rings is 1. The van der Waals surface area contributed by atoms with Crippen LogP contribution < -0.4 is 10.5 Å². The molecule has 0 spiro atoms. The molecule has 1 aromatic carbocycles. The average Bonchev–Trinajstić information content (AvgIpc) is 2.49. The van der Waals surface area contributed by atoms with Crippen LogP contribution in [0, 0.1) is 6.92 Å². The van der Waals surface area contributed by atoms with Gasteiger partial charge in [-0.05, 0) is 30.7 Å². The van der Waals surface area contributed by atoms with Gasteiger partial charge in [-0.25, -0.2) is 9.78 Å². The van der Waals surface area contributed by atoms with E-state index in [4.69, 9.17) is 22.1 Å². The second-order valence-electron chi connectivity index (χ2n) is 4.82. The number of aryl methyl sites for hydroxylation is 1. The first kappa shape index (κ1) is 17.9. The number of anilines is 1. The Labute approximate surface area is 140 Å². The molecule has 1 heterocycles. The summed E-state index contributed by atoms with van der Waals surface area (Å²) in [5, 5.41) is -0.350. The Morgan fingerprint density at radius 3 is 2.50 bits per heavy atom. The van der Waals surface area contributed by atoms with E-state index in [2.05, 4.69) is 9.72 Å². The summed E-state index contributed by atoms with van der Waals surface area (Å²) in [5.74, 6) is -0.948. The molecule has 0 saturated heterocycles. The van der Waals surface area contributed by atoms with Gasteiger partial charge in [-0.15, -0.1) is 0 Å². The summed E-state index contributed by atoms with van der Waals surface area (Å²) in [7, 11) is 1.17. The molecule has 1 aromatic heterocycles. The predicted octanol–water partition coefficient (Wildman–Crippen LogP) is 4.22. The van der Waals surface area contributed by atoms with E-state index < -0.39 is 17.7 Å². The third-order valence-electron chi connectivity index (χ3n) is 3.04. The maximum atomic E-state index is 12.6. The number of hydrogen-bond donors (Lipinski definition) is 1. The monoisotopic (exact) mass is 360 g/mol. The van der Waals surface area contributed by atoms with Gasteiger partial charge >= 0.3 is 12.1 Å². The molecule has 24 heavy (non-hydrogen) atoms. The zero-order chi connectivity index (χ0) is 18.1. The zero-order valence-electron chi connectivity index (χ0n) is 12.6. The molecular weight excluding hydrogens is 349 g/mol. The van der Waals surface area contributed by atoms with Gasteiger partial charge in [0.1, 0.15) is 16.3 Å². The molecule has 0 amide bonds. The Kier molecular flexibility index (Phi) is 4.88. The Morgan fingerprint density at radius 1 is 1.29 bits per heavy atom. The van der Waals surface area contributed by atoms with Gasteiger partial charge in [-0.3, -0.25) is 0 Å². The van der Waals surface area contributed by atoms with Crippen molar-refractivity contribution < 1.29 is 27.4 Å². The fraction of sp³-hybridized carbons (Fsp3) is 0.200. The number of hydrogen-bond acceptors (Lipinski definition) is 5. The topological polar surface area (TPSA) is 74.4 Å². The van der Waals surface area contributed by atoms with E-state index >= 15 is 0 Å². The van der Waals surface area contributed by atoms with Gasteiger partial charge in [-0.2, -0.15) is 13.2 Å². The van der Waals surface area contributed by atoms with E-state index in [1.54, 1.807) is 6.92 Å². The van der Waals surface area contributed by atoms with Crippen molar-refractivity contribution in [1.29, 1.82) is 0 Å². The van der Waals surface area contributed by atoms with Crippen molar-refractivity contribution in [1.82, 2.24) is 4.98 Å². The lowest BCUT2D eigenvalue weighted by atomic mass is 10.1. The fourth-order valence-corrected chi connectivity index (χ4v) is 2.16. The van der Waals surface area contributed by atoms with Crippen molar-refractivity contribution >= 4 is 23.3 Å². The highest BCUT2D eigenvalue weighted by Crippen LogP contribution is 2.37. The number of aromatic nitrogens is 1. The predicted molar refractivity (Wildman–Crippen MR) is 81.3 cm³/mol. The smallest absolute Gasteiger partial charge is 0.417 e. The lowest BCUT2D eigenvalue weighted by Gasteiger charge is -2.14. The van der Waals surface area contributed by atoms with Gasteiger partial charge in [0, 0.05) is 11.9 Å². The summed E-state index contributed by atoms with van der Waals surface area (Å²) in [5.41, 5.74) is 5.44. The molecule has 9 heteroatoms. The van der Waals surface area contributed by atoms with Crippen LogP contribution in [0.4, 0.5) is 18.9 Å². The number of rotatable bonds is 3. The molecule has 2 N–H and O–H groups in total. The molecule has 0 atom stereocenters. The highest BCUT2D eigenvalue weighted by atomic mass is 35.5. The van der Waals surface area contributed by atoms with E-state index in [1.807, 2.05) is 0 Å². The Hall–Kier alpha value is -2.48. The van der Waals surface area contributed by atoms with Gasteiger partial charge in [0.2, 0.25) is 5.88 Å². The minimum atomic E-state index is -4.58. The first-order valence-electron chi connectivity index (χ1n) is 6.52. The number of nitrogens with zero attached hydrogens (tertiary/aromatic N) is 1. The number of esters is 1. The third kappa shape index (κ3) is 3.70. The zero-order valence-corrected chi connectivity index (χ0v) is 13.3. The number of pyridine rings is 1. The maximum absolute atomic E-state index is 12.6. The van der Waals surface area contributed by atoms with Crippen molar-refractivity contribution in [2.45, 2.75) is 13.1 Å². The first-order chi connectivity index (χ1) is 11.1. The molecule has 0 aliphatic rings. The van der Waals surface area contributed by atoms with Gasteiger partial charge in [0.15, 0.2) is 0 Å². The highest BCUT2D eigenvalue weighted by molar-refractivity contribution is 6.31. The number of alkyl halides is 3. The maximum Gasteiger partial charge on any atom is 0.417 e. The van der Waals surface area contributed by atoms with Crippen LogP contribution in [-0.4, -0.2) is 18.1 Å². The molecule has 0 unspecified atom stereocenters. The van der Waals surface area contributed by atoms with Crippen molar-refractivity contribution in [2.24, 2.45) is 0 Å². The molecule has 2 aromatic rings. The van der Waals surface area contributed by atoms with E-state index in [9.17, 15) is 18.0 Å². The number of nitrogen functional groups attached to an aromatic ring is 1. The summed E-state index contributed by atoms with van der Waals surface area (Å²) >= 11 is 5.81.